The molecule has 1 heterocycles. The molecule has 1 amide bonds. The van der Waals surface area contributed by atoms with Crippen molar-refractivity contribution in [2.75, 3.05) is 5.32 Å². The summed E-state index contributed by atoms with van der Waals surface area (Å²) in [5, 5.41) is 14.4. The molecule has 0 bridgehead atoms. The number of rotatable bonds is 6. The predicted octanol–water partition coefficient (Wildman–Crippen LogP) is 4.59. The highest BCUT2D eigenvalue weighted by molar-refractivity contribution is 7.15. The van der Waals surface area contributed by atoms with Gasteiger partial charge in [0, 0.05) is 10.9 Å². The molecule has 2 atom stereocenters. The number of ether oxygens (including phenoxy) is 1. The van der Waals surface area contributed by atoms with Crippen molar-refractivity contribution in [3.05, 3.63) is 53.4 Å². The first-order chi connectivity index (χ1) is 13.9. The maximum absolute atomic E-state index is 12.9. The van der Waals surface area contributed by atoms with Crippen molar-refractivity contribution < 1.29 is 24.2 Å². The molecule has 0 saturated heterocycles. The van der Waals surface area contributed by atoms with Crippen LogP contribution in [0.4, 0.5) is 5.00 Å². The first-order valence-electron chi connectivity index (χ1n) is 9.45. The number of anilines is 1. The summed E-state index contributed by atoms with van der Waals surface area (Å²) in [6.45, 7) is 3.52. The number of hydrogen-bond donors (Lipinski definition) is 2. The summed E-state index contributed by atoms with van der Waals surface area (Å²) < 4.78 is 5.39. The molecule has 7 heteroatoms. The highest BCUT2D eigenvalue weighted by atomic mass is 32.1. The van der Waals surface area contributed by atoms with Gasteiger partial charge in [0.1, 0.15) is 10.6 Å². The molecule has 152 valence electrons. The lowest BCUT2D eigenvalue weighted by atomic mass is 9.82. The largest absolute Gasteiger partial charge is 0.481 e. The van der Waals surface area contributed by atoms with E-state index in [9.17, 15) is 19.5 Å². The molecular weight excluding hydrogens is 390 g/mol. The van der Waals surface area contributed by atoms with Gasteiger partial charge in [-0.15, -0.1) is 11.3 Å². The average Bonchev–Trinajstić information content (AvgIpc) is 3.11. The molecular formula is C22H23NO5S. The predicted molar refractivity (Wildman–Crippen MR) is 112 cm³/mol. The van der Waals surface area contributed by atoms with E-state index in [0.29, 0.717) is 29.0 Å². The van der Waals surface area contributed by atoms with Crippen LogP contribution < -0.4 is 5.32 Å². The summed E-state index contributed by atoms with van der Waals surface area (Å²) in [6.07, 6.45) is 3.96. The van der Waals surface area contributed by atoms with E-state index >= 15 is 0 Å². The summed E-state index contributed by atoms with van der Waals surface area (Å²) in [6, 6.07) is 9.38. The van der Waals surface area contributed by atoms with Gasteiger partial charge < -0.3 is 15.2 Å². The van der Waals surface area contributed by atoms with Gasteiger partial charge in [0.05, 0.1) is 17.9 Å². The van der Waals surface area contributed by atoms with Crippen molar-refractivity contribution in [2.24, 2.45) is 11.8 Å². The topological polar surface area (TPSA) is 92.7 Å². The first kappa shape index (κ1) is 20.8. The Morgan fingerprint density at radius 3 is 2.38 bits per heavy atom. The average molecular weight is 413 g/mol. The zero-order valence-corrected chi connectivity index (χ0v) is 17.1. The van der Waals surface area contributed by atoms with E-state index in [4.69, 9.17) is 4.74 Å². The van der Waals surface area contributed by atoms with Gasteiger partial charge in [-0.05, 0) is 32.3 Å². The Bertz CT molecular complexity index is 932. The third-order valence-electron chi connectivity index (χ3n) is 4.75. The Hall–Kier alpha value is -2.93. The number of thiophene rings is 1. The van der Waals surface area contributed by atoms with E-state index < -0.39 is 29.7 Å². The van der Waals surface area contributed by atoms with Crippen LogP contribution in [0.25, 0.3) is 11.1 Å². The Morgan fingerprint density at radius 2 is 1.76 bits per heavy atom. The number of aliphatic carboxylic acids is 1. The van der Waals surface area contributed by atoms with Crippen molar-refractivity contribution in [3.63, 3.8) is 0 Å². The van der Waals surface area contributed by atoms with Gasteiger partial charge >= 0.3 is 11.9 Å². The quantitative estimate of drug-likeness (QED) is 0.534. The van der Waals surface area contributed by atoms with Crippen molar-refractivity contribution >= 4 is 34.2 Å². The number of carboxylic acids is 1. The molecule has 1 aromatic heterocycles. The van der Waals surface area contributed by atoms with Crippen molar-refractivity contribution in [2.45, 2.75) is 32.8 Å². The Labute approximate surface area is 173 Å². The lowest BCUT2D eigenvalue weighted by molar-refractivity contribution is -0.146. The van der Waals surface area contributed by atoms with E-state index in [-0.39, 0.29) is 6.10 Å². The summed E-state index contributed by atoms with van der Waals surface area (Å²) in [5.41, 5.74) is 1.81. The smallest absolute Gasteiger partial charge is 0.342 e. The second-order valence-corrected chi connectivity index (χ2v) is 8.04. The number of carbonyl (C=O) groups excluding carboxylic acids is 2. The van der Waals surface area contributed by atoms with Crippen LogP contribution in [0.3, 0.4) is 0 Å². The minimum absolute atomic E-state index is 0.293. The van der Waals surface area contributed by atoms with E-state index in [1.807, 2.05) is 36.4 Å². The van der Waals surface area contributed by atoms with Gasteiger partial charge in [0.2, 0.25) is 5.91 Å². The third-order valence-corrected chi connectivity index (χ3v) is 5.64. The minimum atomic E-state index is -0.995. The lowest BCUT2D eigenvalue weighted by Crippen LogP contribution is -2.34. The number of esters is 1. The highest BCUT2D eigenvalue weighted by Crippen LogP contribution is 2.37. The zero-order chi connectivity index (χ0) is 21.0. The standard InChI is InChI=1S/C22H23NO5S/c1-13(2)28-22(27)18-17(14-8-4-3-5-9-14)12-29-20(18)23-19(24)15-10-6-7-11-16(15)21(25)26/h3-9,12-13,15-16H,10-11H2,1-2H3,(H,23,24)(H,25,26)/t15-,16-/m1/s1. The number of hydrogen-bond acceptors (Lipinski definition) is 5. The van der Waals surface area contributed by atoms with Crippen LogP contribution in [-0.2, 0) is 14.3 Å². The van der Waals surface area contributed by atoms with Crippen LogP contribution in [0, 0.1) is 11.8 Å². The number of amides is 1. The Kier molecular flexibility index (Phi) is 6.49. The Morgan fingerprint density at radius 1 is 1.10 bits per heavy atom. The summed E-state index contributed by atoms with van der Waals surface area (Å²) >= 11 is 1.23. The molecule has 0 radical (unpaired) electrons. The fraction of sp³-hybridized carbons (Fsp3) is 0.318. The zero-order valence-electron chi connectivity index (χ0n) is 16.3. The second kappa shape index (κ2) is 9.05. The fourth-order valence-corrected chi connectivity index (χ4v) is 4.30. The molecule has 1 aromatic carbocycles. The molecule has 0 spiro atoms. The van der Waals surface area contributed by atoms with Crippen LogP contribution >= 0.6 is 11.3 Å². The first-order valence-corrected chi connectivity index (χ1v) is 10.3. The Balaban J connectivity index is 1.93. The van der Waals surface area contributed by atoms with Crippen LogP contribution in [0.15, 0.2) is 47.9 Å². The van der Waals surface area contributed by atoms with E-state index in [0.717, 1.165) is 5.56 Å². The van der Waals surface area contributed by atoms with Crippen molar-refractivity contribution in [1.82, 2.24) is 0 Å². The molecule has 29 heavy (non-hydrogen) atoms. The molecule has 1 aliphatic carbocycles. The molecule has 0 saturated carbocycles. The van der Waals surface area contributed by atoms with Gasteiger partial charge in [0.15, 0.2) is 0 Å². The summed E-state index contributed by atoms with van der Waals surface area (Å²) in [4.78, 5) is 37.2. The van der Waals surface area contributed by atoms with Gasteiger partial charge in [-0.25, -0.2) is 4.79 Å². The minimum Gasteiger partial charge on any atom is -0.481 e. The lowest BCUT2D eigenvalue weighted by Gasteiger charge is -2.24. The van der Waals surface area contributed by atoms with E-state index in [1.165, 1.54) is 11.3 Å². The number of carbonyl (C=O) groups is 3. The molecule has 1 aliphatic rings. The molecule has 0 fully saturated rings. The van der Waals surface area contributed by atoms with E-state index in [2.05, 4.69) is 5.32 Å². The molecule has 0 unspecified atom stereocenters. The number of nitrogens with one attached hydrogen (secondary N) is 1. The molecule has 2 aromatic rings. The molecule has 6 nitrogen and oxygen atoms in total. The van der Waals surface area contributed by atoms with Crippen molar-refractivity contribution in [1.29, 1.82) is 0 Å². The maximum Gasteiger partial charge on any atom is 0.342 e. The van der Waals surface area contributed by atoms with Gasteiger partial charge in [-0.3, -0.25) is 9.59 Å². The van der Waals surface area contributed by atoms with Crippen molar-refractivity contribution in [3.8, 4) is 11.1 Å². The number of benzene rings is 1. The van der Waals surface area contributed by atoms with Crippen LogP contribution in [0.1, 0.15) is 37.0 Å². The second-order valence-electron chi connectivity index (χ2n) is 7.16. The number of carboxylic acid groups (broad SMARTS) is 1. The van der Waals surface area contributed by atoms with Crippen LogP contribution in [0.2, 0.25) is 0 Å². The molecule has 0 aliphatic heterocycles. The SMILES string of the molecule is CC(C)OC(=O)c1c(-c2ccccc2)csc1NC(=O)[C@@H]1CC=CC[C@H]1C(=O)O. The van der Waals surface area contributed by atoms with Crippen LogP contribution in [0.5, 0.6) is 0 Å². The van der Waals surface area contributed by atoms with Crippen LogP contribution in [-0.4, -0.2) is 29.1 Å². The van der Waals surface area contributed by atoms with Gasteiger partial charge in [-0.2, -0.15) is 0 Å². The fourth-order valence-electron chi connectivity index (χ4n) is 3.34. The number of allylic oxidation sites excluding steroid dienone is 2. The van der Waals surface area contributed by atoms with Gasteiger partial charge in [0.25, 0.3) is 0 Å². The third kappa shape index (κ3) is 4.74. The molecule has 2 N–H and O–H groups in total. The normalized spacial score (nSPS) is 18.4. The summed E-state index contributed by atoms with van der Waals surface area (Å²) in [7, 11) is 0. The highest BCUT2D eigenvalue weighted by Gasteiger charge is 2.35. The van der Waals surface area contributed by atoms with E-state index in [1.54, 1.807) is 25.3 Å². The van der Waals surface area contributed by atoms with Gasteiger partial charge in [-0.1, -0.05) is 42.5 Å². The maximum atomic E-state index is 12.9. The monoisotopic (exact) mass is 413 g/mol. The molecule has 3 rings (SSSR count). The summed E-state index contributed by atoms with van der Waals surface area (Å²) in [5.74, 6) is -3.38.